The molecule has 28 heavy (non-hydrogen) atoms. The van der Waals surface area contributed by atoms with E-state index in [-0.39, 0.29) is 10.9 Å². The lowest BCUT2D eigenvalue weighted by atomic mass is 10.1. The van der Waals surface area contributed by atoms with Crippen LogP contribution >= 0.6 is 0 Å². The van der Waals surface area contributed by atoms with E-state index in [4.69, 9.17) is 0 Å². The first-order valence-electron chi connectivity index (χ1n) is 9.22. The molecule has 0 bridgehead atoms. The molecule has 8 heteroatoms. The first kappa shape index (κ1) is 20.0. The SMILES string of the molecule is CCN(CC)S(=O)(=O)c1ccc(NC(c2ccccc2)c2nccn2C)nc1. The number of nitrogens with one attached hydrogen (secondary N) is 1. The Kier molecular flexibility index (Phi) is 6.11. The predicted molar refractivity (Wildman–Crippen MR) is 109 cm³/mol. The molecule has 2 aromatic heterocycles. The minimum atomic E-state index is -3.52. The van der Waals surface area contributed by atoms with E-state index in [0.717, 1.165) is 11.4 Å². The van der Waals surface area contributed by atoms with Gasteiger partial charge in [-0.25, -0.2) is 18.4 Å². The summed E-state index contributed by atoms with van der Waals surface area (Å²) in [5.74, 6) is 1.42. The van der Waals surface area contributed by atoms with Crippen LogP contribution in [-0.2, 0) is 17.1 Å². The van der Waals surface area contributed by atoms with Gasteiger partial charge in [0.25, 0.3) is 0 Å². The van der Waals surface area contributed by atoms with Crippen LogP contribution in [-0.4, -0.2) is 40.3 Å². The molecule has 1 aromatic carbocycles. The number of imidazole rings is 1. The summed E-state index contributed by atoms with van der Waals surface area (Å²) >= 11 is 0. The number of benzene rings is 1. The van der Waals surface area contributed by atoms with E-state index in [1.165, 1.54) is 10.5 Å². The molecule has 0 saturated heterocycles. The fourth-order valence-electron chi connectivity index (χ4n) is 3.08. The third-order valence-electron chi connectivity index (χ3n) is 4.62. The van der Waals surface area contributed by atoms with E-state index in [9.17, 15) is 8.42 Å². The first-order valence-corrected chi connectivity index (χ1v) is 10.7. The third kappa shape index (κ3) is 4.07. The van der Waals surface area contributed by atoms with Gasteiger partial charge >= 0.3 is 0 Å². The first-order chi connectivity index (χ1) is 13.5. The highest BCUT2D eigenvalue weighted by atomic mass is 32.2. The lowest BCUT2D eigenvalue weighted by molar-refractivity contribution is 0.445. The summed E-state index contributed by atoms with van der Waals surface area (Å²) in [6, 6.07) is 13.0. The standard InChI is InChI=1S/C20H25N5O2S/c1-4-25(5-2)28(26,27)17-11-12-18(22-15-17)23-19(16-9-7-6-8-10-16)20-21-13-14-24(20)3/h6-15,19H,4-5H2,1-3H3,(H,22,23). The second-order valence-corrected chi connectivity index (χ2v) is 8.29. The Morgan fingerprint density at radius 1 is 1.07 bits per heavy atom. The van der Waals surface area contributed by atoms with Crippen molar-refractivity contribution in [3.05, 3.63) is 72.4 Å². The van der Waals surface area contributed by atoms with Crippen LogP contribution in [0, 0.1) is 0 Å². The summed E-state index contributed by atoms with van der Waals surface area (Å²) < 4.78 is 28.6. The number of pyridine rings is 1. The Bertz CT molecular complexity index is 997. The fraction of sp³-hybridized carbons (Fsp3) is 0.300. The second kappa shape index (κ2) is 8.53. The molecule has 1 unspecified atom stereocenters. The van der Waals surface area contributed by atoms with Crippen molar-refractivity contribution in [2.45, 2.75) is 24.8 Å². The van der Waals surface area contributed by atoms with Crippen molar-refractivity contribution in [3.8, 4) is 0 Å². The minimum Gasteiger partial charge on any atom is -0.356 e. The van der Waals surface area contributed by atoms with E-state index >= 15 is 0 Å². The number of anilines is 1. The van der Waals surface area contributed by atoms with Crippen molar-refractivity contribution in [2.75, 3.05) is 18.4 Å². The van der Waals surface area contributed by atoms with Crippen LogP contribution in [0.5, 0.6) is 0 Å². The Morgan fingerprint density at radius 3 is 2.32 bits per heavy atom. The third-order valence-corrected chi connectivity index (χ3v) is 6.65. The summed E-state index contributed by atoms with van der Waals surface area (Å²) in [5, 5.41) is 3.37. The highest BCUT2D eigenvalue weighted by Gasteiger charge is 2.23. The number of aromatic nitrogens is 3. The van der Waals surface area contributed by atoms with Crippen molar-refractivity contribution in [1.82, 2.24) is 18.8 Å². The van der Waals surface area contributed by atoms with Crippen LogP contribution < -0.4 is 5.32 Å². The molecule has 0 radical (unpaired) electrons. The van der Waals surface area contributed by atoms with E-state index in [0.29, 0.717) is 18.9 Å². The number of hydrogen-bond donors (Lipinski definition) is 1. The van der Waals surface area contributed by atoms with Crippen molar-refractivity contribution in [3.63, 3.8) is 0 Å². The topological polar surface area (TPSA) is 80.1 Å². The number of hydrogen-bond acceptors (Lipinski definition) is 5. The Morgan fingerprint density at radius 2 is 1.79 bits per heavy atom. The number of rotatable bonds is 8. The molecule has 1 N–H and O–H groups in total. The van der Waals surface area contributed by atoms with Gasteiger partial charge in [-0.15, -0.1) is 0 Å². The Labute approximate surface area is 166 Å². The Hall–Kier alpha value is -2.71. The minimum absolute atomic E-state index is 0.190. The van der Waals surface area contributed by atoms with E-state index in [1.54, 1.807) is 18.3 Å². The molecule has 7 nitrogen and oxygen atoms in total. The summed E-state index contributed by atoms with van der Waals surface area (Å²) in [6.07, 6.45) is 5.04. The second-order valence-electron chi connectivity index (χ2n) is 6.35. The lowest BCUT2D eigenvalue weighted by Gasteiger charge is -2.21. The molecule has 0 fully saturated rings. The molecule has 0 saturated carbocycles. The van der Waals surface area contributed by atoms with Gasteiger partial charge in [0, 0.05) is 38.7 Å². The summed E-state index contributed by atoms with van der Waals surface area (Å²) in [6.45, 7) is 4.49. The van der Waals surface area contributed by atoms with Crippen molar-refractivity contribution >= 4 is 15.8 Å². The van der Waals surface area contributed by atoms with Crippen LogP contribution in [0.1, 0.15) is 31.3 Å². The van der Waals surface area contributed by atoms with Crippen molar-refractivity contribution < 1.29 is 8.42 Å². The van der Waals surface area contributed by atoms with Gasteiger partial charge in [-0.2, -0.15) is 4.31 Å². The average molecular weight is 400 g/mol. The van der Waals surface area contributed by atoms with Crippen molar-refractivity contribution in [2.24, 2.45) is 7.05 Å². The molecule has 1 atom stereocenters. The van der Waals surface area contributed by atoms with Gasteiger partial charge in [-0.1, -0.05) is 44.2 Å². The van der Waals surface area contributed by atoms with Crippen molar-refractivity contribution in [1.29, 1.82) is 0 Å². The van der Waals surface area contributed by atoms with E-state index < -0.39 is 10.0 Å². The molecule has 148 valence electrons. The molecular formula is C20H25N5O2S. The normalized spacial score (nSPS) is 12.9. The van der Waals surface area contributed by atoms with Crippen LogP contribution in [0.25, 0.3) is 0 Å². The molecule has 0 amide bonds. The highest BCUT2D eigenvalue weighted by Crippen LogP contribution is 2.25. The zero-order chi connectivity index (χ0) is 20.1. The van der Waals surface area contributed by atoms with Gasteiger partial charge in [0.2, 0.25) is 10.0 Å². The smallest absolute Gasteiger partial charge is 0.244 e. The van der Waals surface area contributed by atoms with Gasteiger partial charge in [-0.3, -0.25) is 0 Å². The molecule has 3 aromatic rings. The molecule has 0 aliphatic carbocycles. The monoisotopic (exact) mass is 399 g/mol. The van der Waals surface area contributed by atoms with Crippen LogP contribution in [0.4, 0.5) is 5.82 Å². The maximum atomic E-state index is 12.6. The molecule has 2 heterocycles. The van der Waals surface area contributed by atoms with Crippen LogP contribution in [0.2, 0.25) is 0 Å². The summed E-state index contributed by atoms with van der Waals surface area (Å²) in [7, 11) is -1.58. The highest BCUT2D eigenvalue weighted by molar-refractivity contribution is 7.89. The molecule has 0 aliphatic rings. The summed E-state index contributed by atoms with van der Waals surface area (Å²) in [5.41, 5.74) is 1.04. The lowest BCUT2D eigenvalue weighted by Crippen LogP contribution is -2.30. The fourth-order valence-corrected chi connectivity index (χ4v) is 4.48. The zero-order valence-electron chi connectivity index (χ0n) is 16.3. The molecule has 0 aliphatic heterocycles. The number of sulfonamides is 1. The van der Waals surface area contributed by atoms with Gasteiger partial charge in [0.1, 0.15) is 22.6 Å². The van der Waals surface area contributed by atoms with Gasteiger partial charge in [-0.05, 0) is 17.7 Å². The predicted octanol–water partition coefficient (Wildman–Crippen LogP) is 3.05. The zero-order valence-corrected chi connectivity index (χ0v) is 17.1. The van der Waals surface area contributed by atoms with Crippen LogP contribution in [0.3, 0.4) is 0 Å². The molecule has 0 spiro atoms. The number of aryl methyl sites for hydroxylation is 1. The van der Waals surface area contributed by atoms with Crippen LogP contribution in [0.15, 0.2) is 66.0 Å². The van der Waals surface area contributed by atoms with E-state index in [1.807, 2.05) is 62.0 Å². The maximum Gasteiger partial charge on any atom is 0.244 e. The summed E-state index contributed by atoms with van der Waals surface area (Å²) in [4.78, 5) is 9.00. The maximum absolute atomic E-state index is 12.6. The van der Waals surface area contributed by atoms with Gasteiger partial charge in [0.05, 0.1) is 0 Å². The molecule has 3 rings (SSSR count). The Balaban J connectivity index is 1.90. The quantitative estimate of drug-likeness (QED) is 0.630. The largest absolute Gasteiger partial charge is 0.356 e. The average Bonchev–Trinajstić information content (AvgIpc) is 3.13. The van der Waals surface area contributed by atoms with E-state index in [2.05, 4.69) is 15.3 Å². The molecular weight excluding hydrogens is 374 g/mol. The van der Waals surface area contributed by atoms with Gasteiger partial charge in [0.15, 0.2) is 0 Å². The number of nitrogens with zero attached hydrogens (tertiary/aromatic N) is 4. The van der Waals surface area contributed by atoms with Gasteiger partial charge < -0.3 is 9.88 Å².